The number of methoxy groups -OCH3 is 1. The summed E-state index contributed by atoms with van der Waals surface area (Å²) < 4.78 is 16.6. The number of rotatable bonds is 6. The maximum Gasteiger partial charge on any atom is 0.305 e. The molecular formula is C29H46O6. The van der Waals surface area contributed by atoms with Crippen LogP contribution >= 0.6 is 0 Å². The lowest BCUT2D eigenvalue weighted by atomic mass is 9.43. The molecule has 4 aliphatic rings. The lowest BCUT2D eigenvalue weighted by molar-refractivity contribution is -0.197. The highest BCUT2D eigenvalue weighted by Crippen LogP contribution is 2.68. The molecule has 0 spiro atoms. The molecule has 6 nitrogen and oxygen atoms in total. The van der Waals surface area contributed by atoms with Crippen molar-refractivity contribution in [2.45, 2.75) is 111 Å². The minimum atomic E-state index is -0.199. The van der Waals surface area contributed by atoms with E-state index in [2.05, 4.69) is 20.8 Å². The quantitative estimate of drug-likeness (QED) is 0.351. The molecule has 10 atom stereocenters. The van der Waals surface area contributed by atoms with Crippen LogP contribution in [0.1, 0.15) is 98.8 Å². The minimum Gasteiger partial charge on any atom is -0.469 e. The monoisotopic (exact) mass is 490 g/mol. The minimum absolute atomic E-state index is 0.0134. The van der Waals surface area contributed by atoms with Crippen molar-refractivity contribution in [3.05, 3.63) is 0 Å². The molecule has 4 aliphatic carbocycles. The smallest absolute Gasteiger partial charge is 0.305 e. The Morgan fingerprint density at radius 1 is 0.886 bits per heavy atom. The van der Waals surface area contributed by atoms with Crippen molar-refractivity contribution < 1.29 is 28.6 Å². The Bertz CT molecular complexity index is 824. The molecule has 0 heterocycles. The number of esters is 3. The van der Waals surface area contributed by atoms with E-state index in [4.69, 9.17) is 14.2 Å². The number of hydrogen-bond donors (Lipinski definition) is 0. The Balaban J connectivity index is 1.57. The van der Waals surface area contributed by atoms with E-state index in [9.17, 15) is 14.4 Å². The van der Waals surface area contributed by atoms with E-state index < -0.39 is 0 Å². The number of carbonyl (C=O) groups excluding carboxylic acids is 3. The standard InChI is InChI=1S/C29H46O6/c1-17(7-10-26(32)33-6)22-8-9-23-27-24(12-14-29(22,23)5)28(4)13-11-21(34-18(2)30)15-20(28)16-25(27)35-19(3)31/h17,20-25,27H,7-16H2,1-6H3/t17?,20-,21+,22+,23-,24-,25+,27-,28-,29+/m0/s1. The van der Waals surface area contributed by atoms with E-state index in [1.54, 1.807) is 6.92 Å². The second kappa shape index (κ2) is 10.0. The summed E-state index contributed by atoms with van der Waals surface area (Å²) in [6, 6.07) is 0. The molecule has 4 saturated carbocycles. The molecule has 0 saturated heterocycles. The van der Waals surface area contributed by atoms with E-state index >= 15 is 0 Å². The summed E-state index contributed by atoms with van der Waals surface area (Å²) in [6.07, 6.45) is 9.80. The van der Waals surface area contributed by atoms with Crippen molar-refractivity contribution in [1.82, 2.24) is 0 Å². The zero-order valence-electron chi connectivity index (χ0n) is 22.6. The summed E-state index contributed by atoms with van der Waals surface area (Å²) in [4.78, 5) is 35.6. The number of hydrogen-bond acceptors (Lipinski definition) is 6. The molecule has 0 N–H and O–H groups in total. The van der Waals surface area contributed by atoms with Crippen molar-refractivity contribution in [2.24, 2.45) is 46.3 Å². The van der Waals surface area contributed by atoms with Gasteiger partial charge in [-0.1, -0.05) is 20.8 Å². The molecule has 0 amide bonds. The van der Waals surface area contributed by atoms with Crippen molar-refractivity contribution in [1.29, 1.82) is 0 Å². The van der Waals surface area contributed by atoms with E-state index in [0.717, 1.165) is 32.1 Å². The maximum atomic E-state index is 12.2. The van der Waals surface area contributed by atoms with E-state index in [-0.39, 0.29) is 40.9 Å². The second-order valence-electron chi connectivity index (χ2n) is 12.7. The van der Waals surface area contributed by atoms with Gasteiger partial charge in [-0.05, 0) is 98.2 Å². The number of fused-ring (bicyclic) bond motifs is 5. The first-order chi connectivity index (χ1) is 16.5. The number of carbonyl (C=O) groups is 3. The van der Waals surface area contributed by atoms with Crippen molar-refractivity contribution in [2.75, 3.05) is 7.11 Å². The molecule has 1 unspecified atom stereocenters. The summed E-state index contributed by atoms with van der Waals surface area (Å²) in [5.74, 6) is 2.43. The van der Waals surface area contributed by atoms with Gasteiger partial charge in [0, 0.05) is 26.2 Å². The average molecular weight is 491 g/mol. The molecule has 4 rings (SSSR count). The lowest BCUT2D eigenvalue weighted by Crippen LogP contribution is -2.59. The molecule has 4 fully saturated rings. The first kappa shape index (κ1) is 26.5. The van der Waals surface area contributed by atoms with Gasteiger partial charge in [-0.2, -0.15) is 0 Å². The first-order valence-electron chi connectivity index (χ1n) is 13.9. The third kappa shape index (κ3) is 4.87. The van der Waals surface area contributed by atoms with Gasteiger partial charge in [0.05, 0.1) is 7.11 Å². The average Bonchev–Trinajstić information content (AvgIpc) is 3.14. The van der Waals surface area contributed by atoms with Crippen LogP contribution in [0.5, 0.6) is 0 Å². The highest BCUT2D eigenvalue weighted by Gasteiger charge is 2.63. The third-order valence-corrected chi connectivity index (χ3v) is 11.1. The van der Waals surface area contributed by atoms with Crippen LogP contribution < -0.4 is 0 Å². The van der Waals surface area contributed by atoms with Gasteiger partial charge in [-0.15, -0.1) is 0 Å². The molecule has 0 aromatic heterocycles. The van der Waals surface area contributed by atoms with Crippen LogP contribution in [-0.2, 0) is 28.6 Å². The highest BCUT2D eigenvalue weighted by atomic mass is 16.5. The normalized spacial score (nSPS) is 43.2. The predicted molar refractivity (Wildman–Crippen MR) is 132 cm³/mol. The van der Waals surface area contributed by atoms with Gasteiger partial charge in [0.2, 0.25) is 0 Å². The number of ether oxygens (including phenoxy) is 3. The van der Waals surface area contributed by atoms with Crippen molar-refractivity contribution in [3.63, 3.8) is 0 Å². The fourth-order valence-electron chi connectivity index (χ4n) is 9.46. The third-order valence-electron chi connectivity index (χ3n) is 11.1. The SMILES string of the molecule is COC(=O)CCC(C)[C@H]1CC[C@H]2[C@@H]3[C@H](OC(C)=O)C[C@@H]4C[C@H](OC(C)=O)CC[C@]4(C)[C@H]3CC[C@]12C. The summed E-state index contributed by atoms with van der Waals surface area (Å²) in [5, 5.41) is 0. The fraction of sp³-hybridized carbons (Fsp3) is 0.897. The van der Waals surface area contributed by atoms with Crippen LogP contribution in [0.2, 0.25) is 0 Å². The Hall–Kier alpha value is -1.59. The molecule has 35 heavy (non-hydrogen) atoms. The molecular weight excluding hydrogens is 444 g/mol. The topological polar surface area (TPSA) is 78.9 Å². The molecule has 0 bridgehead atoms. The van der Waals surface area contributed by atoms with Gasteiger partial charge < -0.3 is 14.2 Å². The fourth-order valence-corrected chi connectivity index (χ4v) is 9.46. The molecule has 0 aliphatic heterocycles. The Morgan fingerprint density at radius 2 is 1.54 bits per heavy atom. The van der Waals surface area contributed by atoms with Gasteiger partial charge in [-0.3, -0.25) is 14.4 Å². The Kier molecular flexibility index (Phi) is 7.60. The van der Waals surface area contributed by atoms with Crippen molar-refractivity contribution in [3.8, 4) is 0 Å². The van der Waals surface area contributed by atoms with Crippen LogP contribution in [0.15, 0.2) is 0 Å². The second-order valence-corrected chi connectivity index (χ2v) is 12.7. The highest BCUT2D eigenvalue weighted by molar-refractivity contribution is 5.69. The largest absolute Gasteiger partial charge is 0.469 e. The Labute approximate surface area is 211 Å². The molecule has 0 aromatic rings. The Morgan fingerprint density at radius 3 is 2.20 bits per heavy atom. The van der Waals surface area contributed by atoms with Crippen molar-refractivity contribution >= 4 is 17.9 Å². The predicted octanol–water partition coefficient (Wildman–Crippen LogP) is 5.71. The van der Waals surface area contributed by atoms with Gasteiger partial charge in [0.15, 0.2) is 0 Å². The molecule has 0 aromatic carbocycles. The molecule has 198 valence electrons. The lowest BCUT2D eigenvalue weighted by Gasteiger charge is -2.62. The molecule has 6 heteroatoms. The molecule has 0 radical (unpaired) electrons. The van der Waals surface area contributed by atoms with Crippen LogP contribution in [0.25, 0.3) is 0 Å². The summed E-state index contributed by atoms with van der Waals surface area (Å²) in [6.45, 7) is 10.3. The summed E-state index contributed by atoms with van der Waals surface area (Å²) in [5.41, 5.74) is 0.418. The van der Waals surface area contributed by atoms with Gasteiger partial charge in [0.1, 0.15) is 12.2 Å². The maximum absolute atomic E-state index is 12.2. The van der Waals surface area contributed by atoms with Crippen LogP contribution in [-0.4, -0.2) is 37.2 Å². The van der Waals surface area contributed by atoms with Gasteiger partial charge in [0.25, 0.3) is 0 Å². The van der Waals surface area contributed by atoms with E-state index in [1.165, 1.54) is 39.7 Å². The zero-order chi connectivity index (χ0) is 25.5. The zero-order valence-corrected chi connectivity index (χ0v) is 22.6. The first-order valence-corrected chi connectivity index (χ1v) is 13.9. The van der Waals surface area contributed by atoms with Gasteiger partial charge in [-0.25, -0.2) is 0 Å². The van der Waals surface area contributed by atoms with E-state index in [0.29, 0.717) is 41.9 Å². The van der Waals surface area contributed by atoms with Crippen LogP contribution in [0.3, 0.4) is 0 Å². The van der Waals surface area contributed by atoms with Crippen LogP contribution in [0.4, 0.5) is 0 Å². The summed E-state index contributed by atoms with van der Waals surface area (Å²) in [7, 11) is 1.47. The van der Waals surface area contributed by atoms with E-state index in [1.807, 2.05) is 0 Å². The van der Waals surface area contributed by atoms with Crippen LogP contribution in [0, 0.1) is 46.3 Å². The van der Waals surface area contributed by atoms with Gasteiger partial charge >= 0.3 is 17.9 Å². The summed E-state index contributed by atoms with van der Waals surface area (Å²) >= 11 is 0.